The van der Waals surface area contributed by atoms with Crippen molar-refractivity contribution in [3.8, 4) is 0 Å². The van der Waals surface area contributed by atoms with Gasteiger partial charge in [-0.3, -0.25) is 9.59 Å². The average Bonchev–Trinajstić information content (AvgIpc) is 3.44. The van der Waals surface area contributed by atoms with Gasteiger partial charge < -0.3 is 30.3 Å². The number of likely N-dealkylation sites (tertiary alicyclic amines) is 2. The Labute approximate surface area is 245 Å². The number of hydrogen-bond donors (Lipinski definition) is 2. The topological polar surface area (TPSA) is 104 Å². The molecule has 0 aromatic carbocycles. The second-order valence-electron chi connectivity index (χ2n) is 16.8. The lowest BCUT2D eigenvalue weighted by molar-refractivity contribution is -0.902. The quantitative estimate of drug-likeness (QED) is 0.332. The molecule has 8 nitrogen and oxygen atoms in total. The van der Waals surface area contributed by atoms with Gasteiger partial charge in [-0.1, -0.05) is 0 Å². The number of carbonyl (C=O) groups is 2. The fourth-order valence-electron chi connectivity index (χ4n) is 12.9. The van der Waals surface area contributed by atoms with Crippen LogP contribution in [0.4, 0.5) is 0 Å². The molecule has 8 heteroatoms. The lowest BCUT2D eigenvalue weighted by atomic mass is 9.53. The third-order valence-electron chi connectivity index (χ3n) is 13.7. The van der Waals surface area contributed by atoms with Crippen LogP contribution in [0.5, 0.6) is 0 Å². The maximum absolute atomic E-state index is 14.1. The SMILES string of the molecule is O=C(NC12CC3CC(CC(C3)C1)C2)[C@@H]1CCC[N+]1([O-])CCC[N+]1([O-])CCC[C@H]1C(=O)NC12CC3CC(CC(C3)C1)C2. The number of quaternary nitrogens is 2. The van der Waals surface area contributed by atoms with Crippen molar-refractivity contribution in [3.63, 3.8) is 0 Å². The number of hydrogen-bond acceptors (Lipinski definition) is 4. The van der Waals surface area contributed by atoms with E-state index in [0.29, 0.717) is 45.4 Å². The van der Waals surface area contributed by atoms with E-state index < -0.39 is 21.4 Å². The van der Waals surface area contributed by atoms with Gasteiger partial charge in [-0.15, -0.1) is 0 Å². The van der Waals surface area contributed by atoms with Crippen molar-refractivity contribution in [2.75, 3.05) is 26.2 Å². The van der Waals surface area contributed by atoms with E-state index in [2.05, 4.69) is 10.6 Å². The summed E-state index contributed by atoms with van der Waals surface area (Å²) in [5.74, 6) is 4.46. The zero-order valence-corrected chi connectivity index (χ0v) is 25.0. The number of nitrogens with zero attached hydrogens (tertiary/aromatic N) is 2. The van der Waals surface area contributed by atoms with Gasteiger partial charge in [0.15, 0.2) is 12.1 Å². The van der Waals surface area contributed by atoms with Crippen LogP contribution in [0.15, 0.2) is 0 Å². The van der Waals surface area contributed by atoms with Crippen LogP contribution in [0.1, 0.15) is 109 Å². The summed E-state index contributed by atoms with van der Waals surface area (Å²) in [5.41, 5.74) is -0.146. The van der Waals surface area contributed by atoms with Gasteiger partial charge in [0.2, 0.25) is 0 Å². The van der Waals surface area contributed by atoms with E-state index in [1.54, 1.807) is 0 Å². The molecule has 0 spiro atoms. The summed E-state index contributed by atoms with van der Waals surface area (Å²) >= 11 is 0. The number of carbonyl (C=O) groups excluding carboxylic acids is 2. The zero-order chi connectivity index (χ0) is 28.0. The number of hydroxylamine groups is 6. The predicted octanol–water partition coefficient (Wildman–Crippen LogP) is 4.50. The van der Waals surface area contributed by atoms with Crippen molar-refractivity contribution < 1.29 is 18.9 Å². The number of nitrogens with one attached hydrogen (secondary N) is 2. The molecule has 2 saturated heterocycles. The average molecular weight is 569 g/mol. The summed E-state index contributed by atoms with van der Waals surface area (Å²) in [6.45, 7) is 1.55. The molecule has 2 heterocycles. The molecule has 8 aliphatic carbocycles. The highest BCUT2D eigenvalue weighted by atomic mass is 16.6. The molecule has 0 aromatic rings. The smallest absolute Gasteiger partial charge is 0.279 e. The van der Waals surface area contributed by atoms with E-state index in [1.165, 1.54) is 38.5 Å². The standard InChI is InChI=1S/C33H52N4O4/c38-30(34-32-16-22-10-23(17-32)12-24(11-22)18-32)28-4-1-6-36(28,40)8-3-9-37(41)7-2-5-29(37)31(39)35-33-19-25-13-26(20-33)15-27(14-25)21-33/h22-29H,1-21H2,(H,34,38)(H,35,39)/t22?,23?,24?,25?,26?,27?,28-,29-,32?,33?,36?,37?/m0/s1. The Bertz CT molecular complexity index is 927. The highest BCUT2D eigenvalue weighted by molar-refractivity contribution is 5.82. The van der Waals surface area contributed by atoms with Gasteiger partial charge in [0.05, 0.1) is 26.2 Å². The van der Waals surface area contributed by atoms with E-state index in [9.17, 15) is 20.0 Å². The number of rotatable bonds is 8. The van der Waals surface area contributed by atoms with Crippen molar-refractivity contribution >= 4 is 11.8 Å². The van der Waals surface area contributed by atoms with Crippen molar-refractivity contribution in [1.82, 2.24) is 10.6 Å². The Hall–Kier alpha value is -1.22. The summed E-state index contributed by atoms with van der Waals surface area (Å²) in [7, 11) is 0. The van der Waals surface area contributed by atoms with Crippen LogP contribution >= 0.6 is 0 Å². The largest absolute Gasteiger partial charge is 0.632 e. The van der Waals surface area contributed by atoms with Gasteiger partial charge in [-0.05, 0) is 113 Å². The third kappa shape index (κ3) is 4.78. The van der Waals surface area contributed by atoms with Gasteiger partial charge in [-0.25, -0.2) is 0 Å². The molecule has 10 rings (SSSR count). The van der Waals surface area contributed by atoms with Crippen molar-refractivity contribution in [1.29, 1.82) is 0 Å². The molecule has 2 N–H and O–H groups in total. The van der Waals surface area contributed by atoms with Gasteiger partial charge in [0, 0.05) is 43.2 Å². The first-order valence-electron chi connectivity index (χ1n) is 17.4. The van der Waals surface area contributed by atoms with Crippen molar-refractivity contribution in [2.45, 2.75) is 132 Å². The maximum atomic E-state index is 14.1. The molecule has 2 unspecified atom stereocenters. The summed E-state index contributed by atoms with van der Waals surface area (Å²) in [6.07, 6.45) is 17.9. The number of amides is 2. The lowest BCUT2D eigenvalue weighted by Gasteiger charge is -2.57. The molecule has 8 saturated carbocycles. The first-order chi connectivity index (χ1) is 19.6. The van der Waals surface area contributed by atoms with E-state index >= 15 is 0 Å². The minimum atomic E-state index is -0.545. The highest BCUT2D eigenvalue weighted by Gasteiger charge is 2.55. The molecule has 2 aliphatic heterocycles. The van der Waals surface area contributed by atoms with E-state index in [-0.39, 0.29) is 22.9 Å². The second-order valence-corrected chi connectivity index (χ2v) is 16.8. The molecular formula is C33H52N4O4. The van der Waals surface area contributed by atoms with Crippen molar-refractivity contribution in [3.05, 3.63) is 10.4 Å². The molecule has 41 heavy (non-hydrogen) atoms. The van der Waals surface area contributed by atoms with Crippen LogP contribution in [0.25, 0.3) is 0 Å². The Morgan fingerprint density at radius 2 is 0.902 bits per heavy atom. The monoisotopic (exact) mass is 568 g/mol. The molecule has 4 atom stereocenters. The van der Waals surface area contributed by atoms with Crippen LogP contribution in [0, 0.1) is 45.9 Å². The Morgan fingerprint density at radius 1 is 0.585 bits per heavy atom. The summed E-state index contributed by atoms with van der Waals surface area (Å²) in [6, 6.07) is -1.09. The first-order valence-corrected chi connectivity index (χ1v) is 17.4. The molecule has 0 radical (unpaired) electrons. The van der Waals surface area contributed by atoms with E-state index in [1.807, 2.05) is 0 Å². The molecule has 8 bridgehead atoms. The van der Waals surface area contributed by atoms with Crippen LogP contribution in [-0.4, -0.2) is 70.4 Å². The Balaban J connectivity index is 0.881. The zero-order valence-electron chi connectivity index (χ0n) is 25.0. The van der Waals surface area contributed by atoms with Gasteiger partial charge in [0.1, 0.15) is 0 Å². The predicted molar refractivity (Wildman–Crippen MR) is 155 cm³/mol. The van der Waals surface area contributed by atoms with Gasteiger partial charge in [-0.2, -0.15) is 0 Å². The molecule has 0 aromatic heterocycles. The van der Waals surface area contributed by atoms with Crippen LogP contribution in [0.2, 0.25) is 0 Å². The summed E-state index contributed by atoms with van der Waals surface area (Å²) in [4.78, 5) is 27.3. The molecule has 2 amide bonds. The van der Waals surface area contributed by atoms with Gasteiger partial charge >= 0.3 is 0 Å². The van der Waals surface area contributed by atoms with Gasteiger partial charge in [0.25, 0.3) is 11.8 Å². The molecule has 10 fully saturated rings. The summed E-state index contributed by atoms with van der Waals surface area (Å²) in [5, 5.41) is 35.1. The lowest BCUT2D eigenvalue weighted by Crippen LogP contribution is -2.64. The van der Waals surface area contributed by atoms with E-state index in [4.69, 9.17) is 0 Å². The van der Waals surface area contributed by atoms with E-state index in [0.717, 1.165) is 86.9 Å². The second kappa shape index (κ2) is 9.64. The normalized spacial score (nSPS) is 52.7. The molecular weight excluding hydrogens is 516 g/mol. The minimum absolute atomic E-state index is 0.0283. The molecule has 228 valence electrons. The maximum Gasteiger partial charge on any atom is 0.279 e. The minimum Gasteiger partial charge on any atom is -0.632 e. The van der Waals surface area contributed by atoms with Crippen LogP contribution in [0.3, 0.4) is 0 Å². The Kier molecular flexibility index (Phi) is 6.43. The van der Waals surface area contributed by atoms with Crippen molar-refractivity contribution in [2.24, 2.45) is 35.5 Å². The Morgan fingerprint density at radius 3 is 1.22 bits per heavy atom. The molecule has 10 aliphatic rings. The summed E-state index contributed by atoms with van der Waals surface area (Å²) < 4.78 is -0.968. The highest BCUT2D eigenvalue weighted by Crippen LogP contribution is 2.57. The van der Waals surface area contributed by atoms with Crippen LogP contribution in [-0.2, 0) is 9.59 Å². The fraction of sp³-hybridized carbons (Fsp3) is 0.939. The third-order valence-corrected chi connectivity index (χ3v) is 13.7. The van der Waals surface area contributed by atoms with Crippen LogP contribution < -0.4 is 10.6 Å². The first kappa shape index (κ1) is 27.3. The fourth-order valence-corrected chi connectivity index (χ4v) is 12.9.